The normalized spacial score (nSPS) is 23.0. The van der Waals surface area contributed by atoms with E-state index in [0.717, 1.165) is 28.5 Å². The molecule has 1 heterocycles. The highest BCUT2D eigenvalue weighted by atomic mass is 35.5. The van der Waals surface area contributed by atoms with Gasteiger partial charge in [-0.05, 0) is 41.0 Å². The van der Waals surface area contributed by atoms with Crippen LogP contribution in [0.3, 0.4) is 0 Å². The first-order chi connectivity index (χ1) is 14.2. The molecule has 4 nitrogen and oxygen atoms in total. The van der Waals surface area contributed by atoms with Crippen LogP contribution >= 0.6 is 11.6 Å². The molecule has 30 heavy (non-hydrogen) atoms. The minimum absolute atomic E-state index is 0.0365. The Morgan fingerprint density at radius 1 is 1.27 bits per heavy atom. The molecule has 0 unspecified atom stereocenters. The van der Waals surface area contributed by atoms with Gasteiger partial charge in [-0.2, -0.15) is 0 Å². The van der Waals surface area contributed by atoms with Gasteiger partial charge in [0.25, 0.3) is 0 Å². The van der Waals surface area contributed by atoms with E-state index < -0.39 is 11.4 Å². The number of nitrogens with zero attached hydrogens (tertiary/aromatic N) is 1. The molecule has 1 aromatic carbocycles. The van der Waals surface area contributed by atoms with Gasteiger partial charge in [0.2, 0.25) is 5.91 Å². The topological polar surface area (TPSA) is 57.6 Å². The molecule has 1 N–H and O–H groups in total. The largest absolute Gasteiger partial charge is 0.481 e. The van der Waals surface area contributed by atoms with E-state index in [1.165, 1.54) is 37.7 Å². The molecular formula is C25H34ClNO3. The molecule has 1 aliphatic heterocycles. The van der Waals surface area contributed by atoms with E-state index in [-0.39, 0.29) is 24.8 Å². The Balaban J connectivity index is 1.86. The van der Waals surface area contributed by atoms with Crippen molar-refractivity contribution in [3.8, 4) is 0 Å². The Hall–Kier alpha value is -1.81. The Morgan fingerprint density at radius 3 is 2.57 bits per heavy atom. The fraction of sp³-hybridized carbons (Fsp3) is 0.600. The fourth-order valence-electron chi connectivity index (χ4n) is 5.11. The number of carbonyl (C=O) groups excluding carboxylic acids is 1. The molecule has 1 saturated carbocycles. The maximum atomic E-state index is 12.8. The summed E-state index contributed by atoms with van der Waals surface area (Å²) in [5.41, 5.74) is 2.98. The van der Waals surface area contributed by atoms with Gasteiger partial charge in [-0.3, -0.25) is 9.59 Å². The molecule has 1 atom stereocenters. The van der Waals surface area contributed by atoms with Gasteiger partial charge in [0.15, 0.2) is 0 Å². The standard InChI is InChI=1S/C25H34ClNO3/c1-17(2)21-16-27(12-11-24(29)30)23(28)15-25(21,3)20-10-9-19(22(26)14-20)13-18-7-5-4-6-8-18/h9-10,14,16-18H,4-8,11-13,15H2,1-3H3,(H,29,30)/t25-/m0/s1. The van der Waals surface area contributed by atoms with Crippen LogP contribution in [0.2, 0.25) is 5.02 Å². The second kappa shape index (κ2) is 9.55. The smallest absolute Gasteiger partial charge is 0.305 e. The van der Waals surface area contributed by atoms with Crippen molar-refractivity contribution in [3.63, 3.8) is 0 Å². The second-order valence-corrected chi connectivity index (χ2v) is 9.90. The van der Waals surface area contributed by atoms with Crippen LogP contribution in [0, 0.1) is 11.8 Å². The van der Waals surface area contributed by atoms with Crippen LogP contribution in [-0.4, -0.2) is 28.4 Å². The van der Waals surface area contributed by atoms with E-state index >= 15 is 0 Å². The molecule has 5 heteroatoms. The molecule has 2 aliphatic rings. The minimum Gasteiger partial charge on any atom is -0.481 e. The minimum atomic E-state index is -0.893. The summed E-state index contributed by atoms with van der Waals surface area (Å²) in [6.07, 6.45) is 9.76. The van der Waals surface area contributed by atoms with Gasteiger partial charge in [0, 0.05) is 29.6 Å². The van der Waals surface area contributed by atoms with Crippen molar-refractivity contribution in [1.29, 1.82) is 0 Å². The third-order valence-corrected chi connectivity index (χ3v) is 7.22. The molecule has 164 valence electrons. The number of carbonyl (C=O) groups is 2. The van der Waals surface area contributed by atoms with Crippen LogP contribution in [0.5, 0.6) is 0 Å². The van der Waals surface area contributed by atoms with Gasteiger partial charge in [0.1, 0.15) is 0 Å². The monoisotopic (exact) mass is 431 g/mol. The average Bonchev–Trinajstić information content (AvgIpc) is 2.69. The maximum Gasteiger partial charge on any atom is 0.305 e. The summed E-state index contributed by atoms with van der Waals surface area (Å²) in [6.45, 7) is 6.56. The van der Waals surface area contributed by atoms with Gasteiger partial charge in [-0.15, -0.1) is 0 Å². The highest BCUT2D eigenvalue weighted by Gasteiger charge is 2.40. The number of allylic oxidation sites excluding steroid dienone is 1. The van der Waals surface area contributed by atoms with Gasteiger partial charge >= 0.3 is 5.97 Å². The lowest BCUT2D eigenvalue weighted by Crippen LogP contribution is -2.42. The van der Waals surface area contributed by atoms with Gasteiger partial charge in [0.05, 0.1) is 6.42 Å². The zero-order chi connectivity index (χ0) is 21.9. The Morgan fingerprint density at radius 2 is 1.97 bits per heavy atom. The molecule has 0 radical (unpaired) electrons. The van der Waals surface area contributed by atoms with E-state index in [9.17, 15) is 9.59 Å². The quantitative estimate of drug-likeness (QED) is 0.578. The summed E-state index contributed by atoms with van der Waals surface area (Å²) in [4.78, 5) is 25.4. The van der Waals surface area contributed by atoms with Gasteiger partial charge in [-0.25, -0.2) is 0 Å². The van der Waals surface area contributed by atoms with Gasteiger partial charge in [-0.1, -0.05) is 76.6 Å². The van der Waals surface area contributed by atoms with Crippen molar-refractivity contribution in [1.82, 2.24) is 4.90 Å². The van der Waals surface area contributed by atoms with Crippen LogP contribution in [0.1, 0.15) is 76.8 Å². The van der Waals surface area contributed by atoms with Crippen molar-refractivity contribution in [2.24, 2.45) is 11.8 Å². The van der Waals surface area contributed by atoms with E-state index in [1.54, 1.807) is 4.90 Å². The highest BCUT2D eigenvalue weighted by Crippen LogP contribution is 2.44. The molecular weight excluding hydrogens is 398 g/mol. The molecule has 1 amide bonds. The first-order valence-corrected chi connectivity index (χ1v) is 11.6. The number of hydrogen-bond acceptors (Lipinski definition) is 2. The lowest BCUT2D eigenvalue weighted by molar-refractivity contribution is -0.138. The Labute approximate surface area is 185 Å². The zero-order valence-electron chi connectivity index (χ0n) is 18.4. The van der Waals surface area contributed by atoms with E-state index in [4.69, 9.17) is 16.7 Å². The second-order valence-electron chi connectivity index (χ2n) is 9.49. The summed E-state index contributed by atoms with van der Waals surface area (Å²) in [7, 11) is 0. The van der Waals surface area contributed by atoms with Crippen LogP contribution in [0.15, 0.2) is 30.0 Å². The first-order valence-electron chi connectivity index (χ1n) is 11.2. The van der Waals surface area contributed by atoms with Crippen molar-refractivity contribution in [2.75, 3.05) is 6.54 Å². The van der Waals surface area contributed by atoms with Crippen molar-refractivity contribution >= 4 is 23.5 Å². The number of aliphatic carboxylic acids is 1. The molecule has 1 aromatic rings. The van der Waals surface area contributed by atoms with Crippen LogP contribution in [0.4, 0.5) is 0 Å². The number of benzene rings is 1. The molecule has 0 spiro atoms. The lowest BCUT2D eigenvalue weighted by Gasteiger charge is -2.41. The summed E-state index contributed by atoms with van der Waals surface area (Å²) in [6, 6.07) is 6.34. The highest BCUT2D eigenvalue weighted by molar-refractivity contribution is 6.31. The summed E-state index contributed by atoms with van der Waals surface area (Å²) >= 11 is 6.73. The number of hydrogen-bond donors (Lipinski definition) is 1. The van der Waals surface area contributed by atoms with Crippen LogP contribution < -0.4 is 0 Å². The maximum absolute atomic E-state index is 12.8. The fourth-order valence-corrected chi connectivity index (χ4v) is 5.36. The number of amides is 1. The predicted molar refractivity (Wildman–Crippen MR) is 121 cm³/mol. The predicted octanol–water partition coefficient (Wildman–Crippen LogP) is 5.97. The third kappa shape index (κ3) is 5.08. The first kappa shape index (κ1) is 22.9. The van der Waals surface area contributed by atoms with E-state index in [1.807, 2.05) is 6.20 Å². The van der Waals surface area contributed by atoms with Crippen LogP contribution in [0.25, 0.3) is 0 Å². The lowest BCUT2D eigenvalue weighted by atomic mass is 9.68. The average molecular weight is 432 g/mol. The zero-order valence-corrected chi connectivity index (χ0v) is 19.2. The SMILES string of the molecule is CC(C)C1=CN(CCC(=O)O)C(=O)C[C@@]1(C)c1ccc(CC2CCCCC2)c(Cl)c1. The number of rotatable bonds is 7. The molecule has 0 bridgehead atoms. The third-order valence-electron chi connectivity index (χ3n) is 6.87. The number of halogens is 1. The molecule has 0 aromatic heterocycles. The summed E-state index contributed by atoms with van der Waals surface area (Å²) in [5, 5.41) is 9.78. The van der Waals surface area contributed by atoms with Crippen LogP contribution in [-0.2, 0) is 21.4 Å². The molecule has 3 rings (SSSR count). The molecule has 1 aliphatic carbocycles. The summed E-state index contributed by atoms with van der Waals surface area (Å²) in [5.74, 6) is 0.0282. The Bertz CT molecular complexity index is 826. The number of carboxylic acid groups (broad SMARTS) is 1. The molecule has 0 saturated heterocycles. The van der Waals surface area contributed by atoms with E-state index in [0.29, 0.717) is 6.42 Å². The number of carboxylic acids is 1. The van der Waals surface area contributed by atoms with Crippen molar-refractivity contribution in [2.45, 2.75) is 77.6 Å². The molecule has 1 fully saturated rings. The Kier molecular flexibility index (Phi) is 7.28. The van der Waals surface area contributed by atoms with Crippen molar-refractivity contribution in [3.05, 3.63) is 46.1 Å². The van der Waals surface area contributed by atoms with Crippen molar-refractivity contribution < 1.29 is 14.7 Å². The van der Waals surface area contributed by atoms with E-state index in [2.05, 4.69) is 39.0 Å². The summed E-state index contributed by atoms with van der Waals surface area (Å²) < 4.78 is 0. The van der Waals surface area contributed by atoms with Gasteiger partial charge < -0.3 is 10.0 Å².